The van der Waals surface area contributed by atoms with Crippen molar-refractivity contribution >= 4 is 17.3 Å². The number of nitro groups is 1. The molecule has 0 saturated carbocycles. The fourth-order valence-corrected chi connectivity index (χ4v) is 2.92. The lowest BCUT2D eigenvalue weighted by atomic mass is 10.2. The Morgan fingerprint density at radius 3 is 2.55 bits per heavy atom. The zero-order valence-electron chi connectivity index (χ0n) is 16.2. The Kier molecular flexibility index (Phi) is 4.91. The van der Waals surface area contributed by atoms with E-state index in [2.05, 4.69) is 31.2 Å². The van der Waals surface area contributed by atoms with Crippen molar-refractivity contribution in [3.63, 3.8) is 0 Å². The van der Waals surface area contributed by atoms with Crippen LogP contribution in [0.2, 0.25) is 0 Å². The number of non-ortho nitro benzene ring substituents is 1. The summed E-state index contributed by atoms with van der Waals surface area (Å²) in [6.45, 7) is 3.25. The largest absolute Gasteiger partial charge is 0.318 e. The van der Waals surface area contributed by atoms with Crippen LogP contribution in [0.3, 0.4) is 0 Å². The monoisotopic (exact) mass is 423 g/mol. The number of nitrogens with zero attached hydrogens (tertiary/aromatic N) is 8. The van der Waals surface area contributed by atoms with E-state index in [4.69, 9.17) is 0 Å². The number of hydrogen-bond donors (Lipinski definition) is 1. The third-order valence-electron chi connectivity index (χ3n) is 4.46. The average molecular weight is 423 g/mol. The average Bonchev–Trinajstić information content (AvgIpc) is 3.35. The van der Waals surface area contributed by atoms with Crippen LogP contribution in [0.4, 0.5) is 15.8 Å². The summed E-state index contributed by atoms with van der Waals surface area (Å²) in [5.74, 6) is -0.871. The quantitative estimate of drug-likeness (QED) is 0.379. The number of nitro benzene ring substituents is 1. The number of hydrogen-bond acceptors (Lipinski definition) is 8. The summed E-state index contributed by atoms with van der Waals surface area (Å²) in [6, 6.07) is 9.77. The van der Waals surface area contributed by atoms with Gasteiger partial charge in [-0.2, -0.15) is 4.68 Å². The van der Waals surface area contributed by atoms with Crippen molar-refractivity contribution < 1.29 is 14.1 Å². The fraction of sp³-hybridized carbons (Fsp3) is 0.111. The Morgan fingerprint density at radius 2 is 1.84 bits per heavy atom. The molecule has 4 aromatic rings. The number of carbonyl (C=O) groups is 1. The maximum atomic E-state index is 14.3. The molecule has 2 aromatic heterocycles. The van der Waals surface area contributed by atoms with E-state index in [0.717, 1.165) is 0 Å². The molecule has 31 heavy (non-hydrogen) atoms. The van der Waals surface area contributed by atoms with Crippen LogP contribution in [0.15, 0.2) is 42.5 Å². The first-order valence-corrected chi connectivity index (χ1v) is 8.88. The number of halogens is 1. The van der Waals surface area contributed by atoms with Crippen LogP contribution in [0.25, 0.3) is 11.4 Å². The number of aryl methyl sites for hydroxylation is 1. The highest BCUT2D eigenvalue weighted by molar-refractivity contribution is 6.03. The molecule has 0 aliphatic heterocycles. The maximum Gasteiger partial charge on any atom is 0.278 e. The molecule has 0 aliphatic carbocycles. The van der Waals surface area contributed by atoms with Crippen molar-refractivity contribution in [3.8, 4) is 11.4 Å². The lowest BCUT2D eigenvalue weighted by Crippen LogP contribution is -2.15. The molecule has 0 atom stereocenters. The van der Waals surface area contributed by atoms with Gasteiger partial charge in [0.2, 0.25) is 0 Å². The Hall–Kier alpha value is -4.55. The van der Waals surface area contributed by atoms with Gasteiger partial charge in [-0.25, -0.2) is 9.07 Å². The summed E-state index contributed by atoms with van der Waals surface area (Å²) in [7, 11) is 0. The minimum absolute atomic E-state index is 0.0603. The molecule has 13 heteroatoms. The van der Waals surface area contributed by atoms with Gasteiger partial charge < -0.3 is 5.32 Å². The molecule has 0 fully saturated rings. The molecule has 0 unspecified atom stereocenters. The van der Waals surface area contributed by atoms with Crippen LogP contribution < -0.4 is 5.32 Å². The van der Waals surface area contributed by atoms with Crippen LogP contribution in [-0.2, 0) is 0 Å². The maximum absolute atomic E-state index is 14.3. The van der Waals surface area contributed by atoms with Crippen LogP contribution >= 0.6 is 0 Å². The van der Waals surface area contributed by atoms with Gasteiger partial charge in [0.15, 0.2) is 11.5 Å². The van der Waals surface area contributed by atoms with Gasteiger partial charge in [0.25, 0.3) is 11.6 Å². The molecule has 1 N–H and O–H groups in total. The highest BCUT2D eigenvalue weighted by Gasteiger charge is 2.20. The number of nitrogens with one attached hydrogen (secondary N) is 1. The van der Waals surface area contributed by atoms with Gasteiger partial charge in [-0.05, 0) is 48.5 Å². The van der Waals surface area contributed by atoms with Crippen LogP contribution in [0.1, 0.15) is 22.0 Å². The Morgan fingerprint density at radius 1 is 1.06 bits per heavy atom. The SMILES string of the molecule is Cc1nnnn1-c1ccc(F)c(NC(=O)c2nnn(-c3cccc([N+](=O)[O-])c3)c2C)c1. The predicted octanol–water partition coefficient (Wildman–Crippen LogP) is 2.16. The van der Waals surface area contributed by atoms with Gasteiger partial charge in [-0.3, -0.25) is 14.9 Å². The van der Waals surface area contributed by atoms with Crippen LogP contribution in [0, 0.1) is 29.8 Å². The van der Waals surface area contributed by atoms with Crippen LogP contribution in [-0.4, -0.2) is 46.0 Å². The van der Waals surface area contributed by atoms with Gasteiger partial charge in [-0.1, -0.05) is 11.3 Å². The van der Waals surface area contributed by atoms with Crippen molar-refractivity contribution in [2.45, 2.75) is 13.8 Å². The minimum atomic E-state index is -0.696. The molecule has 0 saturated heterocycles. The van der Waals surface area contributed by atoms with E-state index < -0.39 is 16.6 Å². The Labute approximate surface area is 173 Å². The van der Waals surface area contributed by atoms with Gasteiger partial charge in [-0.15, -0.1) is 10.2 Å². The number of amides is 1. The number of rotatable bonds is 5. The summed E-state index contributed by atoms with van der Waals surface area (Å²) in [5.41, 5.74) is 0.856. The van der Waals surface area contributed by atoms with E-state index in [9.17, 15) is 19.3 Å². The van der Waals surface area contributed by atoms with Crippen molar-refractivity contribution in [3.05, 3.63) is 75.6 Å². The molecule has 0 radical (unpaired) electrons. The van der Waals surface area contributed by atoms with Crippen LogP contribution in [0.5, 0.6) is 0 Å². The topological polar surface area (TPSA) is 147 Å². The smallest absolute Gasteiger partial charge is 0.278 e. The highest BCUT2D eigenvalue weighted by atomic mass is 19.1. The molecule has 0 spiro atoms. The molecule has 12 nitrogen and oxygen atoms in total. The Balaban J connectivity index is 1.63. The lowest BCUT2D eigenvalue weighted by molar-refractivity contribution is -0.384. The molecule has 2 heterocycles. The second-order valence-corrected chi connectivity index (χ2v) is 6.47. The van der Waals surface area contributed by atoms with E-state index >= 15 is 0 Å². The summed E-state index contributed by atoms with van der Waals surface area (Å²) >= 11 is 0. The molecular formula is C18H14FN9O3. The molecule has 1 amide bonds. The molecule has 2 aromatic carbocycles. The van der Waals surface area contributed by atoms with Crippen molar-refractivity contribution in [2.75, 3.05) is 5.32 Å². The van der Waals surface area contributed by atoms with E-state index in [-0.39, 0.29) is 17.1 Å². The second kappa shape index (κ2) is 7.70. The standard InChI is InChI=1S/C18H14FN9O3/c1-10-17(22-24-26(10)12-4-3-5-14(8-12)28(30)31)18(29)20-16-9-13(6-7-15(16)19)27-11(2)21-23-25-27/h3-9H,1-2H3,(H,20,29). The highest BCUT2D eigenvalue weighted by Crippen LogP contribution is 2.22. The summed E-state index contributed by atoms with van der Waals surface area (Å²) in [5, 5.41) is 32.3. The zero-order chi connectivity index (χ0) is 22.1. The number of carbonyl (C=O) groups excluding carboxylic acids is 1. The first-order valence-electron chi connectivity index (χ1n) is 8.88. The molecular weight excluding hydrogens is 409 g/mol. The molecule has 156 valence electrons. The summed E-state index contributed by atoms with van der Waals surface area (Å²) < 4.78 is 17.0. The predicted molar refractivity (Wildman–Crippen MR) is 105 cm³/mol. The first kappa shape index (κ1) is 19.8. The van der Waals surface area contributed by atoms with Gasteiger partial charge >= 0.3 is 0 Å². The first-order chi connectivity index (χ1) is 14.8. The minimum Gasteiger partial charge on any atom is -0.318 e. The summed E-state index contributed by atoms with van der Waals surface area (Å²) in [6.07, 6.45) is 0. The van der Waals surface area contributed by atoms with Crippen molar-refractivity contribution in [2.24, 2.45) is 0 Å². The molecule has 0 aliphatic rings. The zero-order valence-corrected chi connectivity index (χ0v) is 16.2. The van der Waals surface area contributed by atoms with Crippen molar-refractivity contribution in [1.82, 2.24) is 35.2 Å². The number of tetrazole rings is 1. The van der Waals surface area contributed by atoms with Gasteiger partial charge in [0, 0.05) is 12.1 Å². The Bertz CT molecular complexity index is 1310. The number of anilines is 1. The van der Waals surface area contributed by atoms with Crippen molar-refractivity contribution in [1.29, 1.82) is 0 Å². The van der Waals surface area contributed by atoms with E-state index in [1.165, 1.54) is 45.8 Å². The van der Waals surface area contributed by atoms with Gasteiger partial charge in [0.1, 0.15) is 5.82 Å². The van der Waals surface area contributed by atoms with E-state index in [1.54, 1.807) is 19.9 Å². The molecule has 0 bridgehead atoms. The molecule has 4 rings (SSSR count). The normalized spacial score (nSPS) is 10.8. The number of aromatic nitrogens is 7. The second-order valence-electron chi connectivity index (χ2n) is 6.47. The summed E-state index contributed by atoms with van der Waals surface area (Å²) in [4.78, 5) is 23.2. The third kappa shape index (κ3) is 3.71. The fourth-order valence-electron chi connectivity index (χ4n) is 2.92. The number of benzene rings is 2. The lowest BCUT2D eigenvalue weighted by Gasteiger charge is -2.09. The van der Waals surface area contributed by atoms with Gasteiger partial charge in [0.05, 0.1) is 27.7 Å². The van der Waals surface area contributed by atoms with E-state index in [1.807, 2.05) is 0 Å². The van der Waals surface area contributed by atoms with E-state index in [0.29, 0.717) is 22.9 Å². The third-order valence-corrected chi connectivity index (χ3v) is 4.46.